The van der Waals surface area contributed by atoms with E-state index in [4.69, 9.17) is 13.6 Å². The lowest BCUT2D eigenvalue weighted by molar-refractivity contribution is 0.319. The number of benzene rings is 2. The van der Waals surface area contributed by atoms with E-state index < -0.39 is 0 Å². The van der Waals surface area contributed by atoms with Crippen molar-refractivity contribution < 1.29 is 13.6 Å². The third-order valence-electron chi connectivity index (χ3n) is 6.09. The minimum Gasteiger partial charge on any atom is -0.493 e. The summed E-state index contributed by atoms with van der Waals surface area (Å²) >= 11 is 0. The molecule has 0 N–H and O–H groups in total. The van der Waals surface area contributed by atoms with Gasteiger partial charge in [0.25, 0.3) is 0 Å². The third kappa shape index (κ3) is 5.57. The fourth-order valence-electron chi connectivity index (χ4n) is 4.17. The SMILES string of the molecule is CCCc1nnc([C@H](Cc2ccc(OCCc3nc(-c4ccccc4)oc3C)cc2)n2cccc2)o1. The Labute approximate surface area is 210 Å². The highest BCUT2D eigenvalue weighted by atomic mass is 16.5. The minimum atomic E-state index is -0.0566. The quantitative estimate of drug-likeness (QED) is 0.222. The summed E-state index contributed by atoms with van der Waals surface area (Å²) in [4.78, 5) is 4.66. The number of oxazole rings is 1. The molecule has 3 aromatic heterocycles. The van der Waals surface area contributed by atoms with Gasteiger partial charge in [-0.15, -0.1) is 10.2 Å². The molecule has 0 bridgehead atoms. The van der Waals surface area contributed by atoms with Crippen LogP contribution in [0.25, 0.3) is 11.5 Å². The number of aryl methyl sites for hydroxylation is 2. The molecule has 7 heteroatoms. The van der Waals surface area contributed by atoms with Crippen molar-refractivity contribution in [2.45, 2.75) is 45.6 Å². The van der Waals surface area contributed by atoms with Crippen molar-refractivity contribution in [2.75, 3.05) is 6.61 Å². The van der Waals surface area contributed by atoms with Crippen LogP contribution in [-0.2, 0) is 19.3 Å². The molecule has 0 saturated heterocycles. The van der Waals surface area contributed by atoms with Gasteiger partial charge in [-0.1, -0.05) is 37.3 Å². The number of ether oxygens (including phenoxy) is 1. The Kier molecular flexibility index (Phi) is 7.26. The van der Waals surface area contributed by atoms with Crippen LogP contribution in [0.2, 0.25) is 0 Å². The highest BCUT2D eigenvalue weighted by Gasteiger charge is 2.20. The molecule has 0 unspecified atom stereocenters. The summed E-state index contributed by atoms with van der Waals surface area (Å²) in [5.74, 6) is 3.61. The summed E-state index contributed by atoms with van der Waals surface area (Å²) in [5.41, 5.74) is 3.06. The lowest BCUT2D eigenvalue weighted by Crippen LogP contribution is -2.12. The molecule has 0 amide bonds. The van der Waals surface area contributed by atoms with Gasteiger partial charge in [0, 0.05) is 37.2 Å². The first-order chi connectivity index (χ1) is 17.7. The highest BCUT2D eigenvalue weighted by Crippen LogP contribution is 2.25. The second-order valence-corrected chi connectivity index (χ2v) is 8.76. The predicted octanol–water partition coefficient (Wildman–Crippen LogP) is 6.24. The first kappa shape index (κ1) is 23.6. The molecule has 5 aromatic rings. The van der Waals surface area contributed by atoms with E-state index >= 15 is 0 Å². The van der Waals surface area contributed by atoms with Gasteiger partial charge in [-0.25, -0.2) is 4.98 Å². The Bertz CT molecular complexity index is 1360. The van der Waals surface area contributed by atoms with Crippen molar-refractivity contribution in [2.24, 2.45) is 0 Å². The van der Waals surface area contributed by atoms with Gasteiger partial charge in [-0.3, -0.25) is 0 Å². The topological polar surface area (TPSA) is 79.1 Å². The molecule has 0 aliphatic rings. The van der Waals surface area contributed by atoms with E-state index in [0.717, 1.165) is 47.6 Å². The standard InChI is InChI=1S/C29H30N4O3/c1-3-9-27-31-32-29(36-27)26(33-17-7-8-18-33)20-22-12-14-24(15-13-22)34-19-16-25-21(2)35-28(30-25)23-10-5-4-6-11-23/h4-8,10-15,17-18,26H,3,9,16,19-20H2,1-2H3/t26-/m0/s1. The van der Waals surface area contributed by atoms with Crippen LogP contribution >= 0.6 is 0 Å². The van der Waals surface area contributed by atoms with E-state index in [1.54, 1.807) is 0 Å². The molecule has 36 heavy (non-hydrogen) atoms. The van der Waals surface area contributed by atoms with Gasteiger partial charge < -0.3 is 18.1 Å². The van der Waals surface area contributed by atoms with E-state index in [-0.39, 0.29) is 6.04 Å². The molecule has 3 heterocycles. The Morgan fingerprint density at radius 1 is 0.889 bits per heavy atom. The molecular weight excluding hydrogens is 452 g/mol. The zero-order valence-electron chi connectivity index (χ0n) is 20.6. The molecule has 0 spiro atoms. The van der Waals surface area contributed by atoms with Crippen molar-refractivity contribution in [3.05, 3.63) is 108 Å². The van der Waals surface area contributed by atoms with Crippen LogP contribution < -0.4 is 4.74 Å². The van der Waals surface area contributed by atoms with E-state index in [1.807, 2.05) is 73.9 Å². The average Bonchev–Trinajstić information content (AvgIpc) is 3.67. The lowest BCUT2D eigenvalue weighted by Gasteiger charge is -2.16. The molecule has 7 nitrogen and oxygen atoms in total. The second-order valence-electron chi connectivity index (χ2n) is 8.76. The maximum absolute atomic E-state index is 6.00. The Balaban J connectivity index is 1.20. The molecule has 0 radical (unpaired) electrons. The number of hydrogen-bond acceptors (Lipinski definition) is 6. The van der Waals surface area contributed by atoms with Crippen molar-refractivity contribution in [3.8, 4) is 17.2 Å². The average molecular weight is 483 g/mol. The summed E-state index contributed by atoms with van der Waals surface area (Å²) in [6, 6.07) is 22.1. The summed E-state index contributed by atoms with van der Waals surface area (Å²) in [6.45, 7) is 4.57. The van der Waals surface area contributed by atoms with E-state index in [0.29, 0.717) is 30.7 Å². The largest absolute Gasteiger partial charge is 0.493 e. The smallest absolute Gasteiger partial charge is 0.239 e. The van der Waals surface area contributed by atoms with Gasteiger partial charge >= 0.3 is 0 Å². The summed E-state index contributed by atoms with van der Waals surface area (Å²) in [6.07, 6.45) is 7.24. The number of rotatable bonds is 11. The second kappa shape index (κ2) is 11.1. The van der Waals surface area contributed by atoms with Crippen LogP contribution in [0.4, 0.5) is 0 Å². The number of nitrogens with zero attached hydrogens (tertiary/aromatic N) is 4. The van der Waals surface area contributed by atoms with Crippen LogP contribution in [0.5, 0.6) is 5.75 Å². The van der Waals surface area contributed by atoms with Crippen molar-refractivity contribution >= 4 is 0 Å². The van der Waals surface area contributed by atoms with E-state index in [9.17, 15) is 0 Å². The fraction of sp³-hybridized carbons (Fsp3) is 0.276. The molecule has 184 valence electrons. The zero-order valence-corrected chi connectivity index (χ0v) is 20.6. The lowest BCUT2D eigenvalue weighted by atomic mass is 10.1. The van der Waals surface area contributed by atoms with Crippen molar-refractivity contribution in [3.63, 3.8) is 0 Å². The molecule has 0 aliphatic carbocycles. The fourth-order valence-corrected chi connectivity index (χ4v) is 4.17. The van der Waals surface area contributed by atoms with Crippen LogP contribution in [0.3, 0.4) is 0 Å². The maximum Gasteiger partial charge on any atom is 0.239 e. The van der Waals surface area contributed by atoms with Crippen molar-refractivity contribution in [1.29, 1.82) is 0 Å². The van der Waals surface area contributed by atoms with Gasteiger partial charge in [-0.05, 0) is 55.3 Å². The van der Waals surface area contributed by atoms with Crippen molar-refractivity contribution in [1.82, 2.24) is 19.7 Å². The summed E-state index contributed by atoms with van der Waals surface area (Å²) in [7, 11) is 0. The predicted molar refractivity (Wildman–Crippen MR) is 137 cm³/mol. The highest BCUT2D eigenvalue weighted by molar-refractivity contribution is 5.53. The first-order valence-electron chi connectivity index (χ1n) is 12.4. The molecule has 1 atom stereocenters. The molecular formula is C29H30N4O3. The Hall–Kier alpha value is -4.13. The zero-order chi connectivity index (χ0) is 24.7. The van der Waals surface area contributed by atoms with Crippen LogP contribution in [-0.4, -0.2) is 26.4 Å². The Morgan fingerprint density at radius 2 is 1.67 bits per heavy atom. The number of hydrogen-bond donors (Lipinski definition) is 0. The maximum atomic E-state index is 6.00. The Morgan fingerprint density at radius 3 is 2.42 bits per heavy atom. The van der Waals surface area contributed by atoms with Gasteiger partial charge in [-0.2, -0.15) is 0 Å². The molecule has 0 fully saturated rings. The number of aromatic nitrogens is 4. The summed E-state index contributed by atoms with van der Waals surface area (Å²) < 4.78 is 19.9. The van der Waals surface area contributed by atoms with Crippen LogP contribution in [0, 0.1) is 6.92 Å². The first-order valence-corrected chi connectivity index (χ1v) is 12.4. The molecule has 0 aliphatic heterocycles. The molecule has 0 saturated carbocycles. The monoisotopic (exact) mass is 482 g/mol. The molecule has 2 aromatic carbocycles. The van der Waals surface area contributed by atoms with Gasteiger partial charge in [0.05, 0.1) is 12.3 Å². The summed E-state index contributed by atoms with van der Waals surface area (Å²) in [5, 5.41) is 8.54. The third-order valence-corrected chi connectivity index (χ3v) is 6.09. The minimum absolute atomic E-state index is 0.0566. The molecule has 5 rings (SSSR count). The van der Waals surface area contributed by atoms with Gasteiger partial charge in [0.15, 0.2) is 0 Å². The van der Waals surface area contributed by atoms with E-state index in [2.05, 4.69) is 38.8 Å². The normalized spacial score (nSPS) is 12.1. The van der Waals surface area contributed by atoms with Crippen LogP contribution in [0.15, 0.2) is 88.0 Å². The van der Waals surface area contributed by atoms with Gasteiger partial charge in [0.1, 0.15) is 17.6 Å². The van der Waals surface area contributed by atoms with Crippen LogP contribution in [0.1, 0.15) is 48.2 Å². The van der Waals surface area contributed by atoms with E-state index in [1.165, 1.54) is 0 Å². The van der Waals surface area contributed by atoms with Gasteiger partial charge in [0.2, 0.25) is 17.7 Å².